The molecule has 2 N–H and O–H groups in total. The van der Waals surface area contributed by atoms with Crippen molar-refractivity contribution in [2.75, 3.05) is 0 Å². The van der Waals surface area contributed by atoms with E-state index >= 15 is 0 Å². The third kappa shape index (κ3) is 1.22. The molecule has 2 heterocycles. The number of ketones is 1. The maximum atomic E-state index is 11.7. The summed E-state index contributed by atoms with van der Waals surface area (Å²) in [6.07, 6.45) is 4.53. The minimum absolute atomic E-state index is 0.137. The fourth-order valence-electron chi connectivity index (χ4n) is 1.27. The summed E-state index contributed by atoms with van der Waals surface area (Å²) in [5, 5.41) is 15.6. The smallest absolute Gasteiger partial charge is 0.196 e. The molecule has 0 fully saturated rings. The molecule has 72 valence electrons. The second kappa shape index (κ2) is 3.10. The summed E-state index contributed by atoms with van der Waals surface area (Å²) in [5.41, 5.74) is 1.17. The average molecular weight is 191 g/mol. The van der Waals surface area contributed by atoms with Crippen LogP contribution in [-0.2, 0) is 4.79 Å². The highest BCUT2D eigenvalue weighted by atomic mass is 16.3. The van der Waals surface area contributed by atoms with Gasteiger partial charge in [0.25, 0.3) is 0 Å². The molecule has 0 spiro atoms. The van der Waals surface area contributed by atoms with Crippen LogP contribution < -0.4 is 0 Å². The van der Waals surface area contributed by atoms with Crippen molar-refractivity contribution in [1.82, 2.24) is 10.2 Å². The molecule has 1 atom stereocenters. The van der Waals surface area contributed by atoms with Gasteiger partial charge < -0.3 is 5.11 Å². The first-order valence-corrected chi connectivity index (χ1v) is 4.20. The Labute approximate surface area is 80.2 Å². The lowest BCUT2D eigenvalue weighted by Crippen LogP contribution is -2.24. The van der Waals surface area contributed by atoms with Gasteiger partial charge in [-0.05, 0) is 6.92 Å². The molecule has 5 heteroatoms. The van der Waals surface area contributed by atoms with E-state index in [1.807, 2.05) is 0 Å². The number of aromatic amines is 1. The van der Waals surface area contributed by atoms with Gasteiger partial charge in [0.2, 0.25) is 0 Å². The van der Waals surface area contributed by atoms with Crippen LogP contribution in [-0.4, -0.2) is 27.0 Å². The SMILES string of the molecule is CC1C(=O)C(c2cn[nH]c2)=CN=C1O. The predicted octanol–water partition coefficient (Wildman–Crippen LogP) is 0.926. The van der Waals surface area contributed by atoms with Gasteiger partial charge in [-0.15, -0.1) is 0 Å². The standard InChI is InChI=1S/C9H9N3O2/c1-5-8(13)7(4-10-9(5)14)6-2-11-12-3-6/h2-5H,1H3,(H,10,14)(H,11,12). The van der Waals surface area contributed by atoms with Crippen LogP contribution in [0.15, 0.2) is 23.6 Å². The molecular weight excluding hydrogens is 182 g/mol. The third-order valence-corrected chi connectivity index (χ3v) is 2.18. The van der Waals surface area contributed by atoms with E-state index in [-0.39, 0.29) is 11.7 Å². The zero-order chi connectivity index (χ0) is 10.1. The summed E-state index contributed by atoms with van der Waals surface area (Å²) >= 11 is 0. The van der Waals surface area contributed by atoms with Crippen LogP contribution in [0.4, 0.5) is 0 Å². The summed E-state index contributed by atoms with van der Waals surface area (Å²) in [4.78, 5) is 15.4. The molecule has 0 saturated carbocycles. The summed E-state index contributed by atoms with van der Waals surface area (Å²) in [7, 11) is 0. The molecule has 0 radical (unpaired) electrons. The number of carbonyl (C=O) groups excluding carboxylic acids is 1. The number of hydrogen-bond acceptors (Lipinski definition) is 3. The highest BCUT2D eigenvalue weighted by Crippen LogP contribution is 2.22. The molecule has 0 aliphatic carbocycles. The second-order valence-corrected chi connectivity index (χ2v) is 3.10. The first kappa shape index (κ1) is 8.68. The molecule has 1 aliphatic rings. The minimum Gasteiger partial charge on any atom is -0.496 e. The van der Waals surface area contributed by atoms with Gasteiger partial charge in [0.15, 0.2) is 11.7 Å². The number of hydrogen-bond donors (Lipinski definition) is 2. The van der Waals surface area contributed by atoms with E-state index in [0.29, 0.717) is 11.1 Å². The van der Waals surface area contributed by atoms with Gasteiger partial charge in [0.1, 0.15) is 0 Å². The van der Waals surface area contributed by atoms with Crippen LogP contribution in [0.2, 0.25) is 0 Å². The van der Waals surface area contributed by atoms with E-state index in [2.05, 4.69) is 15.2 Å². The zero-order valence-corrected chi connectivity index (χ0v) is 7.56. The zero-order valence-electron chi connectivity index (χ0n) is 7.56. The molecule has 0 saturated heterocycles. The number of rotatable bonds is 1. The van der Waals surface area contributed by atoms with Gasteiger partial charge >= 0.3 is 0 Å². The van der Waals surface area contributed by atoms with E-state index in [1.165, 1.54) is 6.20 Å². The lowest BCUT2D eigenvalue weighted by Gasteiger charge is -2.13. The monoisotopic (exact) mass is 191 g/mol. The number of aliphatic hydroxyl groups excluding tert-OH is 1. The third-order valence-electron chi connectivity index (χ3n) is 2.18. The molecule has 0 aromatic carbocycles. The normalized spacial score (nSPS) is 21.8. The Bertz CT molecular complexity index is 417. The number of carbonyl (C=O) groups is 1. The summed E-state index contributed by atoms with van der Waals surface area (Å²) in [6, 6.07) is 0. The average Bonchev–Trinajstić information content (AvgIpc) is 2.67. The Morgan fingerprint density at radius 3 is 3.00 bits per heavy atom. The number of nitrogens with one attached hydrogen (secondary N) is 1. The topological polar surface area (TPSA) is 78.3 Å². The molecule has 1 aromatic heterocycles. The summed E-state index contributed by atoms with van der Waals surface area (Å²) < 4.78 is 0. The van der Waals surface area contributed by atoms with Crippen molar-refractivity contribution in [3.63, 3.8) is 0 Å². The van der Waals surface area contributed by atoms with Gasteiger partial charge in [-0.2, -0.15) is 5.10 Å². The number of aliphatic imine (C=N–C) groups is 1. The van der Waals surface area contributed by atoms with Crippen molar-refractivity contribution in [2.24, 2.45) is 10.9 Å². The summed E-state index contributed by atoms with van der Waals surface area (Å²) in [5.74, 6) is -0.842. The number of aliphatic hydroxyl groups is 1. The second-order valence-electron chi connectivity index (χ2n) is 3.10. The lowest BCUT2D eigenvalue weighted by atomic mass is 9.94. The minimum atomic E-state index is -0.565. The van der Waals surface area contributed by atoms with Gasteiger partial charge in [0.05, 0.1) is 12.1 Å². The Kier molecular flexibility index (Phi) is 1.92. The Hall–Kier alpha value is -1.91. The molecule has 1 aliphatic heterocycles. The molecule has 0 amide bonds. The number of H-pyrrole nitrogens is 1. The van der Waals surface area contributed by atoms with Crippen LogP contribution in [0.5, 0.6) is 0 Å². The number of allylic oxidation sites excluding steroid dienone is 1. The van der Waals surface area contributed by atoms with Crippen LogP contribution in [0.25, 0.3) is 5.57 Å². The predicted molar refractivity (Wildman–Crippen MR) is 50.8 cm³/mol. The van der Waals surface area contributed by atoms with Crippen molar-refractivity contribution < 1.29 is 9.90 Å². The van der Waals surface area contributed by atoms with Crippen LogP contribution >= 0.6 is 0 Å². The fourth-order valence-corrected chi connectivity index (χ4v) is 1.27. The van der Waals surface area contributed by atoms with E-state index in [0.717, 1.165) is 0 Å². The Balaban J connectivity index is 2.43. The molecule has 1 aromatic rings. The van der Waals surface area contributed by atoms with Gasteiger partial charge in [-0.1, -0.05) is 0 Å². The number of Topliss-reactive ketones (excluding diaryl/α,β-unsaturated/α-hetero) is 1. The fraction of sp³-hybridized carbons (Fsp3) is 0.222. The largest absolute Gasteiger partial charge is 0.496 e. The molecule has 5 nitrogen and oxygen atoms in total. The molecular formula is C9H9N3O2. The molecule has 1 unspecified atom stereocenters. The van der Waals surface area contributed by atoms with Crippen molar-refractivity contribution in [3.8, 4) is 0 Å². The highest BCUT2D eigenvalue weighted by molar-refractivity contribution is 6.28. The Morgan fingerprint density at radius 2 is 2.36 bits per heavy atom. The molecule has 2 rings (SSSR count). The van der Waals surface area contributed by atoms with E-state index in [4.69, 9.17) is 0 Å². The van der Waals surface area contributed by atoms with Crippen LogP contribution in [0.1, 0.15) is 12.5 Å². The molecule has 14 heavy (non-hydrogen) atoms. The van der Waals surface area contributed by atoms with Crippen LogP contribution in [0, 0.1) is 5.92 Å². The van der Waals surface area contributed by atoms with Crippen molar-refractivity contribution in [1.29, 1.82) is 0 Å². The van der Waals surface area contributed by atoms with Gasteiger partial charge in [0, 0.05) is 23.5 Å². The maximum absolute atomic E-state index is 11.7. The van der Waals surface area contributed by atoms with Crippen LogP contribution in [0.3, 0.4) is 0 Å². The maximum Gasteiger partial charge on any atom is 0.196 e. The number of nitrogens with zero attached hydrogens (tertiary/aromatic N) is 2. The summed E-state index contributed by atoms with van der Waals surface area (Å²) in [6.45, 7) is 1.62. The highest BCUT2D eigenvalue weighted by Gasteiger charge is 2.26. The van der Waals surface area contributed by atoms with E-state index in [1.54, 1.807) is 19.3 Å². The van der Waals surface area contributed by atoms with Crippen molar-refractivity contribution in [3.05, 3.63) is 24.2 Å². The first-order chi connectivity index (χ1) is 6.70. The van der Waals surface area contributed by atoms with Crippen molar-refractivity contribution >= 4 is 17.3 Å². The Morgan fingerprint density at radius 1 is 1.57 bits per heavy atom. The van der Waals surface area contributed by atoms with Gasteiger partial charge in [-0.3, -0.25) is 9.89 Å². The first-order valence-electron chi connectivity index (χ1n) is 4.20. The quantitative estimate of drug-likeness (QED) is 0.692. The van der Waals surface area contributed by atoms with Crippen molar-refractivity contribution in [2.45, 2.75) is 6.92 Å². The van der Waals surface area contributed by atoms with E-state index < -0.39 is 5.92 Å². The molecule has 0 bridgehead atoms. The lowest BCUT2D eigenvalue weighted by molar-refractivity contribution is -0.115. The van der Waals surface area contributed by atoms with E-state index in [9.17, 15) is 9.90 Å². The van der Waals surface area contributed by atoms with Gasteiger partial charge in [-0.25, -0.2) is 4.99 Å². The number of aromatic nitrogens is 2.